The van der Waals surface area contributed by atoms with Gasteiger partial charge in [0.05, 0.1) is 7.11 Å². The zero-order valence-electron chi connectivity index (χ0n) is 14.2. The number of methoxy groups -OCH3 is 1. The van der Waals surface area contributed by atoms with E-state index in [0.717, 1.165) is 27.1 Å². The number of hydrogen-bond acceptors (Lipinski definition) is 4. The third-order valence-electron chi connectivity index (χ3n) is 4.00. The maximum absolute atomic E-state index is 13.4. The number of thioether (sulfide) groups is 1. The minimum atomic E-state index is -0.361. The quantitative estimate of drug-likeness (QED) is 0.248. The van der Waals surface area contributed by atoms with Crippen LogP contribution in [-0.2, 0) is 10.1 Å². The van der Waals surface area contributed by atoms with Crippen molar-refractivity contribution in [3.63, 3.8) is 0 Å². The summed E-state index contributed by atoms with van der Waals surface area (Å²) < 4.78 is 18.3. The third kappa shape index (κ3) is 3.72. The van der Waals surface area contributed by atoms with Crippen LogP contribution < -0.4 is 0 Å². The summed E-state index contributed by atoms with van der Waals surface area (Å²) in [6.45, 7) is 0. The fraction of sp³-hybridized carbons (Fsp3) is 0.150. The molecule has 0 saturated carbocycles. The van der Waals surface area contributed by atoms with Gasteiger partial charge in [-0.3, -0.25) is 0 Å². The molecule has 6 heteroatoms. The minimum absolute atomic E-state index is 0.287. The highest BCUT2D eigenvalue weighted by atomic mass is 79.9. The second kappa shape index (κ2) is 8.37. The molecule has 1 aromatic heterocycles. The van der Waals surface area contributed by atoms with Crippen LogP contribution in [0.2, 0.25) is 0 Å². The van der Waals surface area contributed by atoms with Gasteiger partial charge in [0.15, 0.2) is 0 Å². The summed E-state index contributed by atoms with van der Waals surface area (Å²) in [7, 11) is 1.38. The van der Waals surface area contributed by atoms with Crippen molar-refractivity contribution in [3.8, 4) is 21.6 Å². The highest BCUT2D eigenvalue weighted by Gasteiger charge is 2.24. The lowest BCUT2D eigenvalue weighted by atomic mass is 9.98. The van der Waals surface area contributed by atoms with E-state index in [0.29, 0.717) is 10.2 Å². The first kappa shape index (κ1) is 19.1. The number of benzene rings is 2. The Morgan fingerprint density at radius 2 is 1.73 bits per heavy atom. The molecule has 0 aliphatic carbocycles. The fourth-order valence-corrected chi connectivity index (χ4v) is 5.14. The van der Waals surface area contributed by atoms with Gasteiger partial charge in [-0.25, -0.2) is 9.18 Å². The van der Waals surface area contributed by atoms with Gasteiger partial charge in [0.2, 0.25) is 0 Å². The summed E-state index contributed by atoms with van der Waals surface area (Å²) in [5.41, 5.74) is 3.75. The highest BCUT2D eigenvalue weighted by Crippen LogP contribution is 2.44. The number of carbonyl (C=O) groups excluding carboxylic acids is 1. The number of rotatable bonds is 5. The molecule has 0 aliphatic rings. The van der Waals surface area contributed by atoms with E-state index in [-0.39, 0.29) is 11.8 Å². The van der Waals surface area contributed by atoms with Crippen LogP contribution in [0.15, 0.2) is 53.4 Å². The van der Waals surface area contributed by atoms with Gasteiger partial charge in [0.1, 0.15) is 10.7 Å². The Balaban J connectivity index is 2.25. The fourth-order valence-electron chi connectivity index (χ4n) is 2.72. The number of esters is 1. The largest absolute Gasteiger partial charge is 0.465 e. The van der Waals surface area contributed by atoms with Gasteiger partial charge in [0.25, 0.3) is 0 Å². The van der Waals surface area contributed by atoms with E-state index < -0.39 is 0 Å². The number of carbonyl (C=O) groups is 1. The molecular weight excluding hydrogens is 435 g/mol. The Morgan fingerprint density at radius 3 is 2.27 bits per heavy atom. The van der Waals surface area contributed by atoms with Crippen LogP contribution in [-0.4, -0.2) is 19.3 Å². The van der Waals surface area contributed by atoms with Gasteiger partial charge in [-0.1, -0.05) is 40.2 Å². The molecule has 0 N–H and O–H groups in total. The predicted octanol–water partition coefficient (Wildman–Crippen LogP) is 6.62. The van der Waals surface area contributed by atoms with Crippen LogP contribution in [0.25, 0.3) is 21.6 Å². The Kier molecular flexibility index (Phi) is 6.16. The average Bonchev–Trinajstić information content (AvgIpc) is 3.07. The first-order valence-corrected chi connectivity index (χ1v) is 11.0. The monoisotopic (exact) mass is 450 g/mol. The molecule has 2 aromatic carbocycles. The molecule has 0 bridgehead atoms. The van der Waals surface area contributed by atoms with Gasteiger partial charge in [0, 0.05) is 20.7 Å². The number of halogens is 2. The number of hydrogen-bond donors (Lipinski definition) is 0. The van der Waals surface area contributed by atoms with Crippen molar-refractivity contribution in [2.45, 2.75) is 10.2 Å². The van der Waals surface area contributed by atoms with E-state index in [1.165, 1.54) is 35.5 Å². The van der Waals surface area contributed by atoms with Crippen LogP contribution in [0.3, 0.4) is 0 Å². The maximum Gasteiger partial charge on any atom is 0.348 e. The lowest BCUT2D eigenvalue weighted by molar-refractivity contribution is 0.0605. The van der Waals surface area contributed by atoms with E-state index in [1.807, 2.05) is 18.4 Å². The van der Waals surface area contributed by atoms with Crippen molar-refractivity contribution < 1.29 is 13.9 Å². The summed E-state index contributed by atoms with van der Waals surface area (Å²) in [6.07, 6.45) is 2.03. The summed E-state index contributed by atoms with van der Waals surface area (Å²) >= 11 is 6.57. The first-order chi connectivity index (χ1) is 12.6. The second-order valence-corrected chi connectivity index (χ2v) is 7.94. The zero-order valence-corrected chi connectivity index (χ0v) is 17.4. The molecule has 0 radical (unpaired) electrons. The molecule has 0 saturated heterocycles. The van der Waals surface area contributed by atoms with Crippen molar-refractivity contribution >= 4 is 45.0 Å². The molecule has 0 aliphatic heterocycles. The molecular formula is C20H16BrFO2S2. The topological polar surface area (TPSA) is 26.3 Å². The molecule has 3 rings (SSSR count). The summed E-state index contributed by atoms with van der Waals surface area (Å²) in [4.78, 5) is 14.9. The van der Waals surface area contributed by atoms with E-state index in [9.17, 15) is 9.18 Å². The van der Waals surface area contributed by atoms with Crippen molar-refractivity contribution in [2.24, 2.45) is 0 Å². The van der Waals surface area contributed by atoms with Gasteiger partial charge in [-0.15, -0.1) is 23.1 Å². The Labute approximate surface area is 168 Å². The van der Waals surface area contributed by atoms with Crippen LogP contribution in [0.4, 0.5) is 4.39 Å². The third-order valence-corrected chi connectivity index (χ3v) is 6.56. The van der Waals surface area contributed by atoms with E-state index in [1.54, 1.807) is 23.9 Å². The number of thiophene rings is 1. The molecule has 3 aromatic rings. The molecule has 0 fully saturated rings. The van der Waals surface area contributed by atoms with Gasteiger partial charge < -0.3 is 4.74 Å². The van der Waals surface area contributed by atoms with Gasteiger partial charge >= 0.3 is 5.97 Å². The lowest BCUT2D eigenvalue weighted by Gasteiger charge is -2.08. The Bertz CT molecular complexity index is 918. The van der Waals surface area contributed by atoms with Crippen molar-refractivity contribution in [3.05, 3.63) is 64.8 Å². The summed E-state index contributed by atoms with van der Waals surface area (Å²) in [5.74, 6) is -0.648. The van der Waals surface area contributed by atoms with Crippen LogP contribution in [0, 0.1) is 5.82 Å². The number of alkyl halides is 1. The second-order valence-electron chi connectivity index (χ2n) is 5.47. The standard InChI is InChI=1S/C20H16BrFO2S2/c1-24-20(23)19-16(11-21)17(12-5-9-15(25-2)10-6-12)18(26-19)13-3-7-14(22)8-4-13/h3-10H,11H2,1-2H3. The smallest absolute Gasteiger partial charge is 0.348 e. The Hall–Kier alpha value is -1.63. The van der Waals surface area contributed by atoms with E-state index >= 15 is 0 Å². The van der Waals surface area contributed by atoms with Gasteiger partial charge in [-0.05, 0) is 47.2 Å². The normalized spacial score (nSPS) is 10.8. The molecule has 0 amide bonds. The van der Waals surface area contributed by atoms with Crippen LogP contribution >= 0.6 is 39.0 Å². The molecule has 2 nitrogen and oxygen atoms in total. The highest BCUT2D eigenvalue weighted by molar-refractivity contribution is 9.08. The van der Waals surface area contributed by atoms with Crippen LogP contribution in [0.5, 0.6) is 0 Å². The first-order valence-electron chi connectivity index (χ1n) is 7.79. The lowest BCUT2D eigenvalue weighted by Crippen LogP contribution is -2.01. The molecule has 0 unspecified atom stereocenters. The predicted molar refractivity (Wildman–Crippen MR) is 111 cm³/mol. The summed E-state index contributed by atoms with van der Waals surface area (Å²) in [5, 5.41) is 0.523. The zero-order chi connectivity index (χ0) is 18.7. The van der Waals surface area contributed by atoms with E-state index in [2.05, 4.69) is 28.1 Å². The van der Waals surface area contributed by atoms with E-state index in [4.69, 9.17) is 4.74 Å². The van der Waals surface area contributed by atoms with Gasteiger partial charge in [-0.2, -0.15) is 0 Å². The molecule has 0 spiro atoms. The SMILES string of the molecule is COC(=O)c1sc(-c2ccc(F)cc2)c(-c2ccc(SC)cc2)c1CBr. The van der Waals surface area contributed by atoms with Crippen molar-refractivity contribution in [1.29, 1.82) is 0 Å². The van der Waals surface area contributed by atoms with Crippen LogP contribution in [0.1, 0.15) is 15.2 Å². The molecule has 0 atom stereocenters. The van der Waals surface area contributed by atoms with Crippen molar-refractivity contribution in [2.75, 3.05) is 13.4 Å². The summed E-state index contributed by atoms with van der Waals surface area (Å²) in [6, 6.07) is 14.6. The number of ether oxygens (including phenoxy) is 1. The average molecular weight is 451 g/mol. The minimum Gasteiger partial charge on any atom is -0.465 e. The molecule has 26 heavy (non-hydrogen) atoms. The maximum atomic E-state index is 13.4. The van der Waals surface area contributed by atoms with Crippen molar-refractivity contribution in [1.82, 2.24) is 0 Å². The molecule has 1 heterocycles. The Morgan fingerprint density at radius 1 is 1.12 bits per heavy atom. The molecule has 134 valence electrons.